The van der Waals surface area contributed by atoms with Gasteiger partial charge in [0, 0.05) is 16.6 Å². The van der Waals surface area contributed by atoms with E-state index in [9.17, 15) is 4.39 Å². The summed E-state index contributed by atoms with van der Waals surface area (Å²) < 4.78 is 13.3. The van der Waals surface area contributed by atoms with Crippen molar-refractivity contribution in [3.8, 4) is 0 Å². The molecule has 66 valence electrons. The summed E-state index contributed by atoms with van der Waals surface area (Å²) in [5, 5.41) is 0.726. The molecule has 1 saturated carbocycles. The van der Waals surface area contributed by atoms with Crippen LogP contribution >= 0.6 is 0 Å². The van der Waals surface area contributed by atoms with E-state index in [4.69, 9.17) is 0 Å². The molecular formula is C11H10FN. The zero-order chi connectivity index (χ0) is 8.84. The van der Waals surface area contributed by atoms with E-state index in [2.05, 4.69) is 4.98 Å². The molecule has 1 aromatic carbocycles. The van der Waals surface area contributed by atoms with Gasteiger partial charge in [-0.25, -0.2) is 4.39 Å². The first-order valence-electron chi connectivity index (χ1n) is 4.62. The van der Waals surface area contributed by atoms with Crippen LogP contribution in [0.4, 0.5) is 4.39 Å². The number of halogens is 1. The lowest BCUT2D eigenvalue weighted by atomic mass is 10.2. The predicted octanol–water partition coefficient (Wildman–Crippen LogP) is 3.18. The quantitative estimate of drug-likeness (QED) is 0.685. The molecule has 3 rings (SSSR count). The Morgan fingerprint density at radius 1 is 1.31 bits per heavy atom. The molecule has 0 spiro atoms. The number of hydrogen-bond acceptors (Lipinski definition) is 0. The fourth-order valence-corrected chi connectivity index (χ4v) is 1.75. The number of nitrogens with one attached hydrogen (secondary N) is 1. The third-order valence-corrected chi connectivity index (χ3v) is 2.65. The van der Waals surface area contributed by atoms with Gasteiger partial charge >= 0.3 is 0 Å². The van der Waals surface area contributed by atoms with Crippen LogP contribution in [0.25, 0.3) is 10.9 Å². The van der Waals surface area contributed by atoms with Crippen LogP contribution < -0.4 is 0 Å². The lowest BCUT2D eigenvalue weighted by molar-refractivity contribution is 0.640. The first-order chi connectivity index (χ1) is 6.34. The molecule has 13 heavy (non-hydrogen) atoms. The summed E-state index contributed by atoms with van der Waals surface area (Å²) in [5.41, 5.74) is 2.11. The summed E-state index contributed by atoms with van der Waals surface area (Å²) in [6.07, 6.45) is 2.49. The highest BCUT2D eigenvalue weighted by atomic mass is 19.1. The minimum Gasteiger partial charge on any atom is -0.358 e. The molecule has 0 bridgehead atoms. The van der Waals surface area contributed by atoms with Crippen molar-refractivity contribution < 1.29 is 4.39 Å². The third-order valence-electron chi connectivity index (χ3n) is 2.65. The van der Waals surface area contributed by atoms with E-state index in [1.54, 1.807) is 6.07 Å². The Morgan fingerprint density at radius 3 is 2.85 bits per heavy atom. The molecule has 2 aromatic rings. The minimum atomic E-state index is -0.124. The summed E-state index contributed by atoms with van der Waals surface area (Å²) in [4.78, 5) is 3.26. The number of hydrogen-bond donors (Lipinski definition) is 1. The number of benzene rings is 1. The highest BCUT2D eigenvalue weighted by molar-refractivity contribution is 5.81. The Labute approximate surface area is 75.6 Å². The van der Waals surface area contributed by atoms with Crippen molar-refractivity contribution in [2.45, 2.75) is 18.8 Å². The van der Waals surface area contributed by atoms with Gasteiger partial charge in [-0.3, -0.25) is 0 Å². The van der Waals surface area contributed by atoms with Crippen LogP contribution in [0.2, 0.25) is 0 Å². The molecule has 1 N–H and O–H groups in total. The van der Waals surface area contributed by atoms with Gasteiger partial charge in [-0.05, 0) is 37.0 Å². The lowest BCUT2D eigenvalue weighted by Gasteiger charge is -1.88. The first-order valence-corrected chi connectivity index (χ1v) is 4.62. The summed E-state index contributed by atoms with van der Waals surface area (Å²) >= 11 is 0. The summed E-state index contributed by atoms with van der Waals surface area (Å²) in [6.45, 7) is 0. The largest absolute Gasteiger partial charge is 0.358 e. The lowest BCUT2D eigenvalue weighted by Crippen LogP contribution is -1.74. The Morgan fingerprint density at radius 2 is 2.15 bits per heavy atom. The maximum Gasteiger partial charge on any atom is 0.132 e. The van der Waals surface area contributed by atoms with Gasteiger partial charge in [0.15, 0.2) is 0 Å². The van der Waals surface area contributed by atoms with Crippen LogP contribution in [0.5, 0.6) is 0 Å². The molecule has 0 saturated heterocycles. The smallest absolute Gasteiger partial charge is 0.132 e. The molecule has 1 aliphatic carbocycles. The zero-order valence-corrected chi connectivity index (χ0v) is 7.18. The van der Waals surface area contributed by atoms with Crippen molar-refractivity contribution in [1.29, 1.82) is 0 Å². The molecule has 1 fully saturated rings. The van der Waals surface area contributed by atoms with E-state index >= 15 is 0 Å². The van der Waals surface area contributed by atoms with Gasteiger partial charge in [-0.15, -0.1) is 0 Å². The molecule has 0 amide bonds. The summed E-state index contributed by atoms with van der Waals surface area (Å²) in [7, 11) is 0. The van der Waals surface area contributed by atoms with Crippen LogP contribution in [0.1, 0.15) is 24.5 Å². The Hall–Kier alpha value is -1.31. The van der Waals surface area contributed by atoms with E-state index in [1.807, 2.05) is 12.1 Å². The van der Waals surface area contributed by atoms with Gasteiger partial charge in [0.05, 0.1) is 0 Å². The van der Waals surface area contributed by atoms with E-state index in [-0.39, 0.29) is 5.82 Å². The van der Waals surface area contributed by atoms with Gasteiger partial charge < -0.3 is 4.98 Å². The standard InChI is InChI=1S/C11H10FN/c12-9-2-1-3-10-8(9)6-11(13-10)7-4-5-7/h1-3,6-7,13H,4-5H2. The second kappa shape index (κ2) is 2.34. The minimum absolute atomic E-state index is 0.124. The van der Waals surface area contributed by atoms with Gasteiger partial charge in [0.25, 0.3) is 0 Å². The number of rotatable bonds is 1. The van der Waals surface area contributed by atoms with E-state index in [0.29, 0.717) is 5.92 Å². The van der Waals surface area contributed by atoms with Crippen molar-refractivity contribution in [3.63, 3.8) is 0 Å². The highest BCUT2D eigenvalue weighted by Gasteiger charge is 2.25. The van der Waals surface area contributed by atoms with Crippen LogP contribution in [0.3, 0.4) is 0 Å². The second-order valence-electron chi connectivity index (χ2n) is 3.70. The first kappa shape index (κ1) is 7.13. The maximum atomic E-state index is 13.3. The topological polar surface area (TPSA) is 15.8 Å². The van der Waals surface area contributed by atoms with Crippen LogP contribution in [0.15, 0.2) is 24.3 Å². The highest BCUT2D eigenvalue weighted by Crippen LogP contribution is 2.40. The molecule has 2 heteroatoms. The summed E-state index contributed by atoms with van der Waals surface area (Å²) in [5.74, 6) is 0.535. The van der Waals surface area contributed by atoms with Gasteiger partial charge in [-0.2, -0.15) is 0 Å². The normalized spacial score (nSPS) is 16.7. The van der Waals surface area contributed by atoms with Crippen molar-refractivity contribution >= 4 is 10.9 Å². The number of aromatic amines is 1. The van der Waals surface area contributed by atoms with Crippen molar-refractivity contribution in [1.82, 2.24) is 4.98 Å². The van der Waals surface area contributed by atoms with Crippen LogP contribution in [-0.4, -0.2) is 4.98 Å². The molecule has 0 radical (unpaired) electrons. The zero-order valence-electron chi connectivity index (χ0n) is 7.18. The van der Waals surface area contributed by atoms with Crippen LogP contribution in [-0.2, 0) is 0 Å². The van der Waals surface area contributed by atoms with E-state index in [0.717, 1.165) is 10.9 Å². The molecule has 0 atom stereocenters. The van der Waals surface area contributed by atoms with Crippen LogP contribution in [0, 0.1) is 5.82 Å². The monoisotopic (exact) mass is 175 g/mol. The fourth-order valence-electron chi connectivity index (χ4n) is 1.75. The maximum absolute atomic E-state index is 13.3. The third kappa shape index (κ3) is 1.05. The molecular weight excluding hydrogens is 165 g/mol. The SMILES string of the molecule is Fc1cccc2[nH]c(C3CC3)cc12. The van der Waals surface area contributed by atoms with E-state index < -0.39 is 0 Å². The van der Waals surface area contributed by atoms with Gasteiger partial charge in [0.2, 0.25) is 0 Å². The fraction of sp³-hybridized carbons (Fsp3) is 0.273. The second-order valence-corrected chi connectivity index (χ2v) is 3.70. The Balaban J connectivity index is 2.26. The van der Waals surface area contributed by atoms with Gasteiger partial charge in [-0.1, -0.05) is 6.07 Å². The average molecular weight is 175 g/mol. The Kier molecular flexibility index (Phi) is 1.29. The summed E-state index contributed by atoms with van der Waals surface area (Å²) in [6, 6.07) is 7.12. The number of H-pyrrole nitrogens is 1. The molecule has 1 nitrogen and oxygen atoms in total. The Bertz CT molecular complexity index is 454. The average Bonchev–Trinajstić information content (AvgIpc) is 2.87. The molecule has 1 aliphatic rings. The van der Waals surface area contributed by atoms with Crippen molar-refractivity contribution in [2.24, 2.45) is 0 Å². The number of aromatic nitrogens is 1. The molecule has 1 heterocycles. The molecule has 0 aliphatic heterocycles. The van der Waals surface area contributed by atoms with Crippen molar-refractivity contribution in [3.05, 3.63) is 35.8 Å². The van der Waals surface area contributed by atoms with E-state index in [1.165, 1.54) is 24.6 Å². The van der Waals surface area contributed by atoms with Gasteiger partial charge in [0.1, 0.15) is 5.82 Å². The number of fused-ring (bicyclic) bond motifs is 1. The molecule has 1 aromatic heterocycles. The molecule has 0 unspecified atom stereocenters. The van der Waals surface area contributed by atoms with Crippen molar-refractivity contribution in [2.75, 3.05) is 0 Å². The predicted molar refractivity (Wildman–Crippen MR) is 50.2 cm³/mol.